The van der Waals surface area contributed by atoms with Crippen LogP contribution < -0.4 is 10.6 Å². The number of rotatable bonds is 6. The normalized spacial score (nSPS) is 15.8. The Bertz CT molecular complexity index is 1100. The number of hydrogen-bond acceptors (Lipinski definition) is 6. The summed E-state index contributed by atoms with van der Waals surface area (Å²) in [6, 6.07) is 7.57. The van der Waals surface area contributed by atoms with Gasteiger partial charge in [0.15, 0.2) is 0 Å². The lowest BCUT2D eigenvalue weighted by atomic mass is 10.0. The topological polar surface area (TPSA) is 105 Å². The smallest absolute Gasteiger partial charge is 0.328 e. The van der Waals surface area contributed by atoms with Crippen molar-refractivity contribution in [1.29, 1.82) is 0 Å². The quantitative estimate of drug-likeness (QED) is 0.600. The van der Waals surface area contributed by atoms with Crippen molar-refractivity contribution in [3.8, 4) is 0 Å². The number of methoxy groups -OCH3 is 1. The third kappa shape index (κ3) is 5.54. The zero-order chi connectivity index (χ0) is 24.3. The van der Waals surface area contributed by atoms with Crippen LogP contribution in [0.5, 0.6) is 0 Å². The summed E-state index contributed by atoms with van der Waals surface area (Å²) in [6.45, 7) is 5.44. The van der Waals surface area contributed by atoms with E-state index in [9.17, 15) is 19.2 Å². The van der Waals surface area contributed by atoms with Crippen LogP contribution in [-0.4, -0.2) is 53.8 Å². The summed E-state index contributed by atoms with van der Waals surface area (Å²) in [5, 5.41) is 5.49. The fourth-order valence-corrected chi connectivity index (χ4v) is 4.59. The Morgan fingerprint density at radius 3 is 2.52 bits per heavy atom. The number of likely N-dealkylation sites (tertiary alicyclic amines) is 1. The van der Waals surface area contributed by atoms with Gasteiger partial charge in [-0.25, -0.2) is 4.79 Å². The second-order valence-corrected chi connectivity index (χ2v) is 10.1. The van der Waals surface area contributed by atoms with E-state index in [4.69, 9.17) is 16.3 Å². The van der Waals surface area contributed by atoms with Gasteiger partial charge < -0.3 is 20.3 Å². The Hall–Kier alpha value is -2.91. The van der Waals surface area contributed by atoms with Crippen LogP contribution in [0.2, 0.25) is 4.34 Å². The van der Waals surface area contributed by atoms with Crippen LogP contribution in [0.3, 0.4) is 0 Å². The average molecular weight is 492 g/mol. The highest BCUT2D eigenvalue weighted by molar-refractivity contribution is 7.18. The number of nitrogens with zero attached hydrogens (tertiary/aromatic N) is 1. The molecule has 1 atom stereocenters. The molecule has 0 aliphatic carbocycles. The van der Waals surface area contributed by atoms with Crippen molar-refractivity contribution in [2.24, 2.45) is 0 Å². The third-order valence-electron chi connectivity index (χ3n) is 5.49. The zero-order valence-corrected chi connectivity index (χ0v) is 20.4. The Balaban J connectivity index is 1.69. The van der Waals surface area contributed by atoms with Crippen LogP contribution in [0, 0.1) is 6.92 Å². The van der Waals surface area contributed by atoms with E-state index in [2.05, 4.69) is 10.6 Å². The van der Waals surface area contributed by atoms with Crippen LogP contribution >= 0.6 is 22.9 Å². The van der Waals surface area contributed by atoms with Gasteiger partial charge in [-0.15, -0.1) is 11.3 Å². The van der Waals surface area contributed by atoms with Gasteiger partial charge in [0.1, 0.15) is 11.6 Å². The highest BCUT2D eigenvalue weighted by atomic mass is 35.5. The minimum atomic E-state index is -1.20. The van der Waals surface area contributed by atoms with Gasteiger partial charge in [0, 0.05) is 17.8 Å². The first-order valence-corrected chi connectivity index (χ1v) is 11.6. The van der Waals surface area contributed by atoms with E-state index >= 15 is 0 Å². The molecule has 0 bridgehead atoms. The number of carbonyl (C=O) groups is 4. The zero-order valence-electron chi connectivity index (χ0n) is 18.9. The molecule has 1 aliphatic rings. The van der Waals surface area contributed by atoms with Gasteiger partial charge >= 0.3 is 5.97 Å². The van der Waals surface area contributed by atoms with Gasteiger partial charge in [-0.1, -0.05) is 11.6 Å². The van der Waals surface area contributed by atoms with Gasteiger partial charge in [-0.2, -0.15) is 0 Å². The Morgan fingerprint density at radius 2 is 1.91 bits per heavy atom. The molecule has 3 amide bonds. The van der Waals surface area contributed by atoms with Crippen molar-refractivity contribution in [2.75, 3.05) is 19.0 Å². The first kappa shape index (κ1) is 24.7. The lowest BCUT2D eigenvalue weighted by Crippen LogP contribution is -2.52. The first-order valence-electron chi connectivity index (χ1n) is 10.4. The molecular formula is C23H26ClN3O5S. The summed E-state index contributed by atoms with van der Waals surface area (Å²) in [7, 11) is 1.31. The molecule has 2 heterocycles. The number of thiophene rings is 1. The van der Waals surface area contributed by atoms with E-state index in [1.54, 1.807) is 51.1 Å². The number of hydrogen-bond donors (Lipinski definition) is 2. The maximum absolute atomic E-state index is 13.0. The molecule has 2 aromatic rings. The predicted molar refractivity (Wildman–Crippen MR) is 127 cm³/mol. The average Bonchev–Trinajstić information content (AvgIpc) is 3.42. The summed E-state index contributed by atoms with van der Waals surface area (Å²) in [4.78, 5) is 52.2. The van der Waals surface area contributed by atoms with Crippen molar-refractivity contribution >= 4 is 52.3 Å². The van der Waals surface area contributed by atoms with E-state index in [0.29, 0.717) is 39.0 Å². The van der Waals surface area contributed by atoms with Crippen LogP contribution in [-0.2, 0) is 14.3 Å². The lowest BCUT2D eigenvalue weighted by molar-refractivity contribution is -0.145. The van der Waals surface area contributed by atoms with Gasteiger partial charge in [0.2, 0.25) is 5.91 Å². The second-order valence-electron chi connectivity index (χ2n) is 8.35. The molecule has 1 unspecified atom stereocenters. The van der Waals surface area contributed by atoms with Crippen molar-refractivity contribution in [3.63, 3.8) is 0 Å². The van der Waals surface area contributed by atoms with Gasteiger partial charge in [0.05, 0.1) is 16.3 Å². The number of ether oxygens (including phenoxy) is 1. The molecule has 0 saturated carbocycles. The number of carbonyl (C=O) groups excluding carboxylic acids is 4. The molecule has 1 aliphatic heterocycles. The molecule has 33 heavy (non-hydrogen) atoms. The molecular weight excluding hydrogens is 466 g/mol. The molecule has 1 fully saturated rings. The maximum Gasteiger partial charge on any atom is 0.328 e. The summed E-state index contributed by atoms with van der Waals surface area (Å²) >= 11 is 7.01. The molecule has 3 rings (SSSR count). The highest BCUT2D eigenvalue weighted by Crippen LogP contribution is 2.25. The van der Waals surface area contributed by atoms with Gasteiger partial charge in [-0.05, 0) is 69.5 Å². The standard InChI is InChI=1S/C23H26ClN3O5S/c1-13-12-14(7-8-15(13)20(29)27-11-5-6-16(27)21(30)32-4)25-22(31)23(2,3)26-19(28)17-9-10-18(24)33-17/h7-10,12,16H,5-6,11H2,1-4H3,(H,25,31)(H,26,28). The SMILES string of the molecule is COC(=O)C1CCCN1C(=O)c1ccc(NC(=O)C(C)(C)NC(=O)c2ccc(Cl)s2)cc1C. The lowest BCUT2D eigenvalue weighted by Gasteiger charge is -2.25. The fourth-order valence-electron chi connectivity index (χ4n) is 3.65. The van der Waals surface area contributed by atoms with Crippen LogP contribution in [0.25, 0.3) is 0 Å². The molecule has 1 aromatic heterocycles. The number of nitrogens with one attached hydrogen (secondary N) is 2. The number of aryl methyl sites for hydroxylation is 1. The monoisotopic (exact) mass is 491 g/mol. The largest absolute Gasteiger partial charge is 0.467 e. The van der Waals surface area contributed by atoms with E-state index in [0.717, 1.165) is 17.8 Å². The Morgan fingerprint density at radius 1 is 1.18 bits per heavy atom. The minimum absolute atomic E-state index is 0.250. The molecule has 10 heteroatoms. The van der Waals surface area contributed by atoms with Crippen molar-refractivity contribution < 1.29 is 23.9 Å². The molecule has 0 radical (unpaired) electrons. The van der Waals surface area contributed by atoms with Crippen LogP contribution in [0.15, 0.2) is 30.3 Å². The number of anilines is 1. The molecule has 1 aromatic carbocycles. The number of halogens is 1. The molecule has 176 valence electrons. The van der Waals surface area contributed by atoms with Crippen molar-refractivity contribution in [2.45, 2.75) is 45.2 Å². The predicted octanol–water partition coefficient (Wildman–Crippen LogP) is 3.63. The minimum Gasteiger partial charge on any atom is -0.467 e. The highest BCUT2D eigenvalue weighted by Gasteiger charge is 2.36. The molecule has 0 spiro atoms. The van der Waals surface area contributed by atoms with Crippen LogP contribution in [0.4, 0.5) is 5.69 Å². The number of amides is 3. The van der Waals surface area contributed by atoms with Gasteiger partial charge in [-0.3, -0.25) is 14.4 Å². The Labute approximate surface area is 201 Å². The van der Waals surface area contributed by atoms with Crippen molar-refractivity contribution in [3.05, 3.63) is 50.7 Å². The fraction of sp³-hybridized carbons (Fsp3) is 0.391. The number of esters is 1. The van der Waals surface area contributed by atoms with E-state index in [1.807, 2.05) is 0 Å². The van der Waals surface area contributed by atoms with E-state index in [-0.39, 0.29) is 5.91 Å². The molecule has 2 N–H and O–H groups in total. The first-order chi connectivity index (χ1) is 15.5. The van der Waals surface area contributed by atoms with E-state index < -0.39 is 29.4 Å². The number of benzene rings is 1. The summed E-state index contributed by atoms with van der Waals surface area (Å²) < 4.78 is 5.30. The maximum atomic E-state index is 13.0. The second kappa shape index (κ2) is 9.93. The van der Waals surface area contributed by atoms with Crippen LogP contribution in [0.1, 0.15) is 52.3 Å². The third-order valence-corrected chi connectivity index (χ3v) is 6.72. The Kier molecular flexibility index (Phi) is 7.44. The summed E-state index contributed by atoms with van der Waals surface area (Å²) in [5.74, 6) is -1.48. The van der Waals surface area contributed by atoms with Crippen molar-refractivity contribution in [1.82, 2.24) is 10.2 Å². The van der Waals surface area contributed by atoms with E-state index in [1.165, 1.54) is 12.0 Å². The summed E-state index contributed by atoms with van der Waals surface area (Å²) in [6.07, 6.45) is 1.31. The van der Waals surface area contributed by atoms with Gasteiger partial charge in [0.25, 0.3) is 11.8 Å². The summed E-state index contributed by atoms with van der Waals surface area (Å²) in [5.41, 5.74) is 0.398. The molecule has 8 nitrogen and oxygen atoms in total. The molecule has 1 saturated heterocycles.